The Labute approximate surface area is 136 Å². The molecule has 23 heavy (non-hydrogen) atoms. The van der Waals surface area contributed by atoms with E-state index in [1.54, 1.807) is 12.3 Å². The van der Waals surface area contributed by atoms with Gasteiger partial charge in [0.15, 0.2) is 0 Å². The molecule has 0 atom stereocenters. The average Bonchev–Trinajstić information content (AvgIpc) is 2.90. The topological polar surface area (TPSA) is 36.3 Å². The Balaban J connectivity index is 1.92. The molecule has 0 saturated carbocycles. The summed E-state index contributed by atoms with van der Waals surface area (Å²) in [5, 5.41) is 0. The van der Waals surface area contributed by atoms with Gasteiger partial charge in [-0.3, -0.25) is 4.57 Å². The van der Waals surface area contributed by atoms with E-state index >= 15 is 0 Å². The molecule has 3 rings (SSSR count). The average molecular weight is 318 g/mol. The minimum atomic E-state index is -0.283. The largest absolute Gasteiger partial charge is 0.493 e. The maximum Gasteiger partial charge on any atom is 0.296 e. The van der Waals surface area contributed by atoms with E-state index in [1.807, 2.05) is 11.6 Å². The Morgan fingerprint density at radius 3 is 2.48 bits per heavy atom. The minimum absolute atomic E-state index is 0.283. The van der Waals surface area contributed by atoms with Crippen molar-refractivity contribution in [3.63, 3.8) is 0 Å². The van der Waals surface area contributed by atoms with Gasteiger partial charge in [0.05, 0.1) is 25.1 Å². The molecule has 0 saturated heterocycles. The third kappa shape index (κ3) is 3.84. The van der Waals surface area contributed by atoms with E-state index in [0.29, 0.717) is 30.5 Å². The third-order valence-corrected chi connectivity index (χ3v) is 4.19. The fraction of sp³-hybridized carbons (Fsp3) is 0.500. The van der Waals surface area contributed by atoms with Gasteiger partial charge in [-0.1, -0.05) is 25.7 Å². The van der Waals surface area contributed by atoms with E-state index in [4.69, 9.17) is 9.47 Å². The second-order valence-corrected chi connectivity index (χ2v) is 5.94. The lowest BCUT2D eigenvalue weighted by Crippen LogP contribution is -2.04. The molecule has 0 amide bonds. The smallest absolute Gasteiger partial charge is 0.296 e. The van der Waals surface area contributed by atoms with Gasteiger partial charge in [-0.05, 0) is 31.0 Å². The molecule has 2 aromatic rings. The number of ether oxygens (including phenoxy) is 2. The molecule has 0 aliphatic carbocycles. The van der Waals surface area contributed by atoms with Crippen molar-refractivity contribution < 1.29 is 13.9 Å². The van der Waals surface area contributed by atoms with Crippen molar-refractivity contribution in [1.29, 1.82) is 0 Å². The number of hydrogen-bond donors (Lipinski definition) is 0. The van der Waals surface area contributed by atoms with Crippen LogP contribution < -0.4 is 9.47 Å². The highest BCUT2D eigenvalue weighted by atomic mass is 19.1. The molecule has 4 nitrogen and oxygen atoms in total. The summed E-state index contributed by atoms with van der Waals surface area (Å²) in [7, 11) is 1.88. The van der Waals surface area contributed by atoms with E-state index < -0.39 is 0 Å². The Morgan fingerprint density at radius 1 is 1.00 bits per heavy atom. The summed E-state index contributed by atoms with van der Waals surface area (Å²) in [5.41, 5.74) is 1.51. The molecule has 2 bridgehead atoms. The van der Waals surface area contributed by atoms with E-state index in [9.17, 15) is 4.39 Å². The monoisotopic (exact) mass is 318 g/mol. The lowest BCUT2D eigenvalue weighted by molar-refractivity contribution is 0.273. The number of hydrogen-bond acceptors (Lipinski definition) is 3. The molecule has 1 aromatic heterocycles. The molecule has 0 spiro atoms. The van der Waals surface area contributed by atoms with Crippen LogP contribution in [0.15, 0.2) is 24.4 Å². The molecule has 5 heteroatoms. The SMILES string of the molecule is Cn1c2cnc1OCCCCCCCCOc1ccc(F)cc1-2. The van der Waals surface area contributed by atoms with Crippen molar-refractivity contribution in [3.8, 4) is 23.0 Å². The Morgan fingerprint density at radius 2 is 1.70 bits per heavy atom. The number of halogens is 1. The fourth-order valence-corrected chi connectivity index (χ4v) is 2.86. The summed E-state index contributed by atoms with van der Waals surface area (Å²) in [5.74, 6) is 0.407. The van der Waals surface area contributed by atoms with Crippen LogP contribution in [0.1, 0.15) is 38.5 Å². The molecule has 1 aromatic carbocycles. The highest BCUT2D eigenvalue weighted by molar-refractivity contribution is 5.67. The van der Waals surface area contributed by atoms with Crippen molar-refractivity contribution in [1.82, 2.24) is 9.55 Å². The molecule has 0 N–H and O–H groups in total. The standard InChI is InChI=1S/C18H23FN2O2/c1-21-16-13-20-18(21)23-11-7-5-3-2-4-6-10-22-17-9-8-14(19)12-15(16)17/h8-9,12-13H,2-7,10-11H2,1H3. The van der Waals surface area contributed by atoms with Crippen LogP contribution in [0.3, 0.4) is 0 Å². The molecule has 124 valence electrons. The minimum Gasteiger partial charge on any atom is -0.493 e. The van der Waals surface area contributed by atoms with Gasteiger partial charge in [0.2, 0.25) is 0 Å². The maximum atomic E-state index is 13.7. The third-order valence-electron chi connectivity index (χ3n) is 4.19. The normalized spacial score (nSPS) is 16.4. The number of aromatic nitrogens is 2. The first-order valence-corrected chi connectivity index (χ1v) is 8.33. The van der Waals surface area contributed by atoms with Crippen LogP contribution in [0.5, 0.6) is 11.8 Å². The Kier molecular flexibility index (Phi) is 5.16. The van der Waals surface area contributed by atoms with Crippen LogP contribution in [0.25, 0.3) is 11.3 Å². The summed E-state index contributed by atoms with van der Waals surface area (Å²) in [6.45, 7) is 1.32. The zero-order valence-electron chi connectivity index (χ0n) is 13.6. The molecule has 0 fully saturated rings. The summed E-state index contributed by atoms with van der Waals surface area (Å²) in [6.07, 6.45) is 8.52. The summed E-state index contributed by atoms with van der Waals surface area (Å²) in [6, 6.07) is 5.18. The van der Waals surface area contributed by atoms with Gasteiger partial charge < -0.3 is 9.47 Å². The van der Waals surface area contributed by atoms with Crippen LogP contribution in [0.4, 0.5) is 4.39 Å². The quantitative estimate of drug-likeness (QED) is 0.725. The molecule has 0 radical (unpaired) electrons. The Bertz CT molecular complexity index is 654. The summed E-state index contributed by atoms with van der Waals surface area (Å²) in [4.78, 5) is 4.32. The highest BCUT2D eigenvalue weighted by Crippen LogP contribution is 2.32. The zero-order valence-corrected chi connectivity index (χ0v) is 13.6. The van der Waals surface area contributed by atoms with Gasteiger partial charge in [-0.2, -0.15) is 0 Å². The van der Waals surface area contributed by atoms with Gasteiger partial charge in [0, 0.05) is 12.6 Å². The predicted molar refractivity (Wildman–Crippen MR) is 87.3 cm³/mol. The second kappa shape index (κ2) is 7.49. The number of imidazole rings is 1. The van der Waals surface area contributed by atoms with Crippen molar-refractivity contribution >= 4 is 0 Å². The van der Waals surface area contributed by atoms with E-state index in [2.05, 4.69) is 4.98 Å². The maximum absolute atomic E-state index is 13.7. The molecular weight excluding hydrogens is 295 g/mol. The van der Waals surface area contributed by atoms with Gasteiger partial charge in [0.25, 0.3) is 6.01 Å². The lowest BCUT2D eigenvalue weighted by atomic mass is 10.1. The number of fused-ring (bicyclic) bond motifs is 4. The zero-order chi connectivity index (χ0) is 16.1. The van der Waals surface area contributed by atoms with Gasteiger partial charge in [-0.25, -0.2) is 9.37 Å². The molecular formula is C18H23FN2O2. The van der Waals surface area contributed by atoms with Gasteiger partial charge in [-0.15, -0.1) is 0 Å². The lowest BCUT2D eigenvalue weighted by Gasteiger charge is -2.12. The summed E-state index contributed by atoms with van der Waals surface area (Å²) < 4.78 is 27.2. The van der Waals surface area contributed by atoms with Crippen LogP contribution in [0.2, 0.25) is 0 Å². The molecule has 1 aliphatic rings. The van der Waals surface area contributed by atoms with E-state index in [-0.39, 0.29) is 5.82 Å². The molecule has 0 unspecified atom stereocenters. The van der Waals surface area contributed by atoms with E-state index in [1.165, 1.54) is 31.4 Å². The Hall–Kier alpha value is -2.04. The van der Waals surface area contributed by atoms with Crippen LogP contribution >= 0.6 is 0 Å². The number of rotatable bonds is 0. The van der Waals surface area contributed by atoms with Gasteiger partial charge in [0.1, 0.15) is 11.6 Å². The number of benzene rings is 1. The number of nitrogens with zero attached hydrogens (tertiary/aromatic N) is 2. The van der Waals surface area contributed by atoms with E-state index in [0.717, 1.165) is 25.0 Å². The molecule has 2 heterocycles. The fourth-order valence-electron chi connectivity index (χ4n) is 2.86. The second-order valence-electron chi connectivity index (χ2n) is 5.94. The first-order valence-electron chi connectivity index (χ1n) is 8.33. The highest BCUT2D eigenvalue weighted by Gasteiger charge is 2.15. The van der Waals surface area contributed by atoms with Crippen molar-refractivity contribution in [2.24, 2.45) is 7.05 Å². The van der Waals surface area contributed by atoms with Crippen LogP contribution in [-0.2, 0) is 7.05 Å². The van der Waals surface area contributed by atoms with Crippen LogP contribution in [-0.4, -0.2) is 22.8 Å². The van der Waals surface area contributed by atoms with Crippen molar-refractivity contribution in [3.05, 3.63) is 30.2 Å². The first kappa shape index (κ1) is 15.8. The summed E-state index contributed by atoms with van der Waals surface area (Å²) >= 11 is 0. The first-order chi connectivity index (χ1) is 11.3. The van der Waals surface area contributed by atoms with Crippen LogP contribution in [0, 0.1) is 5.82 Å². The van der Waals surface area contributed by atoms with Crippen molar-refractivity contribution in [2.45, 2.75) is 38.5 Å². The molecule has 1 aliphatic heterocycles. The van der Waals surface area contributed by atoms with Crippen molar-refractivity contribution in [2.75, 3.05) is 13.2 Å². The van der Waals surface area contributed by atoms with Gasteiger partial charge >= 0.3 is 0 Å². The predicted octanol–water partition coefficient (Wildman–Crippen LogP) is 4.34.